The maximum atomic E-state index is 12.4. The van der Waals surface area contributed by atoms with Crippen molar-refractivity contribution in [3.63, 3.8) is 0 Å². The fourth-order valence-corrected chi connectivity index (χ4v) is 4.53. The summed E-state index contributed by atoms with van der Waals surface area (Å²) in [5.74, 6) is -0.490. The number of para-hydroxylation sites is 1. The molecular weight excluding hydrogens is 572 g/mol. The van der Waals surface area contributed by atoms with Crippen molar-refractivity contribution in [1.82, 2.24) is 20.2 Å². The number of nitro benzene ring substituents is 1. The molecule has 0 aliphatic heterocycles. The molecule has 1 amide bonds. The Morgan fingerprint density at radius 1 is 1.19 bits per heavy atom. The van der Waals surface area contributed by atoms with Crippen LogP contribution in [0.3, 0.4) is 0 Å². The molecule has 1 aromatic heterocycles. The lowest BCUT2D eigenvalue weighted by Crippen LogP contribution is -2.20. The molecule has 1 heterocycles. The fourth-order valence-electron chi connectivity index (χ4n) is 3.17. The molecule has 0 aliphatic rings. The zero-order chi connectivity index (χ0) is 25.7. The standard InChI is InChI=1S/C23H16BrClN6O4S/c24-16-6-4-5-14(9-16)22-28-29-23(30(22)18-7-2-1-3-8-18)36-13-20(32)27-26-12-15-10-17(25)11-19(21(15)33)31(34)35/h1-12,33H,13H2,(H,27,32)/b26-12+. The molecule has 3 aromatic carbocycles. The average molecular weight is 588 g/mol. The third-order valence-electron chi connectivity index (χ3n) is 4.74. The van der Waals surface area contributed by atoms with Crippen molar-refractivity contribution >= 4 is 57.1 Å². The molecule has 4 aromatic rings. The van der Waals surface area contributed by atoms with Gasteiger partial charge in [0.2, 0.25) is 5.75 Å². The number of benzene rings is 3. The number of hydrogen-bond donors (Lipinski definition) is 2. The van der Waals surface area contributed by atoms with Crippen LogP contribution in [0.4, 0.5) is 5.69 Å². The van der Waals surface area contributed by atoms with Gasteiger partial charge in [0.25, 0.3) is 5.91 Å². The third-order valence-corrected chi connectivity index (χ3v) is 6.38. The number of carbonyl (C=O) groups is 1. The van der Waals surface area contributed by atoms with Gasteiger partial charge in [-0.15, -0.1) is 10.2 Å². The maximum Gasteiger partial charge on any atom is 0.312 e. The highest BCUT2D eigenvalue weighted by Gasteiger charge is 2.19. The van der Waals surface area contributed by atoms with Crippen molar-refractivity contribution in [2.24, 2.45) is 5.10 Å². The fraction of sp³-hybridized carbons (Fsp3) is 0.0435. The summed E-state index contributed by atoms with van der Waals surface area (Å²) >= 11 is 10.5. The molecule has 0 bridgehead atoms. The lowest BCUT2D eigenvalue weighted by molar-refractivity contribution is -0.385. The predicted molar refractivity (Wildman–Crippen MR) is 141 cm³/mol. The van der Waals surface area contributed by atoms with Gasteiger partial charge in [-0.3, -0.25) is 19.5 Å². The van der Waals surface area contributed by atoms with Gasteiger partial charge in [-0.05, 0) is 30.3 Å². The molecule has 0 fully saturated rings. The Kier molecular flexibility index (Phi) is 7.98. The first-order valence-electron chi connectivity index (χ1n) is 10.2. The van der Waals surface area contributed by atoms with Gasteiger partial charge in [-0.25, -0.2) is 5.43 Å². The molecule has 36 heavy (non-hydrogen) atoms. The van der Waals surface area contributed by atoms with Gasteiger partial charge in [0, 0.05) is 32.4 Å². The van der Waals surface area contributed by atoms with Crippen LogP contribution in [-0.4, -0.2) is 42.7 Å². The number of thioether (sulfide) groups is 1. The number of amides is 1. The average Bonchev–Trinajstić information content (AvgIpc) is 3.29. The second-order valence-electron chi connectivity index (χ2n) is 7.19. The molecule has 0 saturated heterocycles. The van der Waals surface area contributed by atoms with E-state index in [4.69, 9.17) is 11.6 Å². The second kappa shape index (κ2) is 11.3. The van der Waals surface area contributed by atoms with Crippen LogP contribution in [0.15, 0.2) is 81.5 Å². The van der Waals surface area contributed by atoms with Gasteiger partial charge < -0.3 is 5.11 Å². The van der Waals surface area contributed by atoms with E-state index < -0.39 is 22.3 Å². The lowest BCUT2D eigenvalue weighted by atomic mass is 10.2. The van der Waals surface area contributed by atoms with E-state index in [1.54, 1.807) is 0 Å². The van der Waals surface area contributed by atoms with Gasteiger partial charge in [0.05, 0.1) is 16.9 Å². The van der Waals surface area contributed by atoms with Crippen LogP contribution >= 0.6 is 39.3 Å². The first-order chi connectivity index (χ1) is 17.3. The van der Waals surface area contributed by atoms with E-state index >= 15 is 0 Å². The van der Waals surface area contributed by atoms with Gasteiger partial charge in [0.15, 0.2) is 11.0 Å². The molecular formula is C23H16BrClN6O4S. The molecule has 0 radical (unpaired) electrons. The monoisotopic (exact) mass is 586 g/mol. The van der Waals surface area contributed by atoms with E-state index in [-0.39, 0.29) is 16.3 Å². The second-order valence-corrected chi connectivity index (χ2v) is 9.48. The number of aromatic hydroxyl groups is 1. The molecule has 0 unspecified atom stereocenters. The highest BCUT2D eigenvalue weighted by molar-refractivity contribution is 9.10. The Bertz CT molecular complexity index is 1460. The number of phenolic OH excluding ortho intramolecular Hbond substituents is 1. The molecule has 182 valence electrons. The van der Waals surface area contributed by atoms with Crippen LogP contribution < -0.4 is 5.43 Å². The van der Waals surface area contributed by atoms with Gasteiger partial charge in [0.1, 0.15) is 0 Å². The smallest absolute Gasteiger partial charge is 0.312 e. The number of aromatic nitrogens is 3. The number of hydrogen-bond acceptors (Lipinski definition) is 8. The van der Waals surface area contributed by atoms with E-state index in [1.807, 2.05) is 59.2 Å². The summed E-state index contributed by atoms with van der Waals surface area (Å²) in [6, 6.07) is 19.5. The zero-order valence-electron chi connectivity index (χ0n) is 18.2. The SMILES string of the molecule is O=C(CSc1nnc(-c2cccc(Br)c2)n1-c1ccccc1)N/N=C/c1cc(Cl)cc([N+](=O)[O-])c1O. The van der Waals surface area contributed by atoms with Crippen molar-refractivity contribution in [3.8, 4) is 22.8 Å². The van der Waals surface area contributed by atoms with Crippen molar-refractivity contribution in [3.05, 3.63) is 91.9 Å². The van der Waals surface area contributed by atoms with Crippen LogP contribution in [-0.2, 0) is 4.79 Å². The van der Waals surface area contributed by atoms with Gasteiger partial charge in [-0.1, -0.05) is 69.6 Å². The Labute approximate surface area is 222 Å². The Morgan fingerprint density at radius 2 is 1.97 bits per heavy atom. The van der Waals surface area contributed by atoms with Crippen LogP contribution in [0.1, 0.15) is 5.56 Å². The number of nitro groups is 1. The number of nitrogens with one attached hydrogen (secondary N) is 1. The molecule has 0 atom stereocenters. The van der Waals surface area contributed by atoms with E-state index in [1.165, 1.54) is 6.07 Å². The van der Waals surface area contributed by atoms with Crippen molar-refractivity contribution in [2.75, 3.05) is 5.75 Å². The van der Waals surface area contributed by atoms with E-state index in [9.17, 15) is 20.0 Å². The molecule has 0 aliphatic carbocycles. The van der Waals surface area contributed by atoms with Crippen LogP contribution in [0.5, 0.6) is 5.75 Å². The van der Waals surface area contributed by atoms with E-state index in [0.29, 0.717) is 11.0 Å². The predicted octanol–water partition coefficient (Wildman–Crippen LogP) is 5.21. The summed E-state index contributed by atoms with van der Waals surface area (Å²) in [7, 11) is 0. The maximum absolute atomic E-state index is 12.4. The van der Waals surface area contributed by atoms with E-state index in [0.717, 1.165) is 39.8 Å². The highest BCUT2D eigenvalue weighted by Crippen LogP contribution is 2.32. The minimum Gasteiger partial charge on any atom is -0.502 e. The summed E-state index contributed by atoms with van der Waals surface area (Å²) in [5.41, 5.74) is 3.43. The number of nitrogens with zero attached hydrogens (tertiary/aromatic N) is 5. The van der Waals surface area contributed by atoms with Gasteiger partial charge >= 0.3 is 5.69 Å². The number of halogens is 2. The summed E-state index contributed by atoms with van der Waals surface area (Å²) < 4.78 is 2.75. The third kappa shape index (κ3) is 5.90. The summed E-state index contributed by atoms with van der Waals surface area (Å²) in [6.45, 7) is 0. The lowest BCUT2D eigenvalue weighted by Gasteiger charge is -2.10. The van der Waals surface area contributed by atoms with Gasteiger partial charge in [-0.2, -0.15) is 5.10 Å². The van der Waals surface area contributed by atoms with Crippen molar-refractivity contribution in [2.45, 2.75) is 5.16 Å². The van der Waals surface area contributed by atoms with Crippen LogP contribution in [0.2, 0.25) is 5.02 Å². The minimum atomic E-state index is -0.765. The first-order valence-corrected chi connectivity index (χ1v) is 12.4. The zero-order valence-corrected chi connectivity index (χ0v) is 21.4. The Hall–Kier alpha value is -3.74. The topological polar surface area (TPSA) is 136 Å². The van der Waals surface area contributed by atoms with Crippen LogP contribution in [0.25, 0.3) is 17.1 Å². The summed E-state index contributed by atoms with van der Waals surface area (Å²) in [6.07, 6.45) is 1.08. The Balaban J connectivity index is 1.50. The number of phenols is 1. The summed E-state index contributed by atoms with van der Waals surface area (Å²) in [4.78, 5) is 22.7. The minimum absolute atomic E-state index is 0.00959. The number of carbonyl (C=O) groups excluding carboxylic acids is 1. The van der Waals surface area contributed by atoms with Crippen molar-refractivity contribution in [1.29, 1.82) is 0 Å². The molecule has 0 spiro atoms. The quantitative estimate of drug-likeness (QED) is 0.125. The first kappa shape index (κ1) is 25.4. The molecule has 4 rings (SSSR count). The molecule has 2 N–H and O–H groups in total. The number of hydrazone groups is 1. The molecule has 13 heteroatoms. The Morgan fingerprint density at radius 3 is 2.69 bits per heavy atom. The van der Waals surface area contributed by atoms with Crippen molar-refractivity contribution < 1.29 is 14.8 Å². The van der Waals surface area contributed by atoms with E-state index in [2.05, 4.69) is 36.7 Å². The normalized spacial score (nSPS) is 11.1. The highest BCUT2D eigenvalue weighted by atomic mass is 79.9. The summed E-state index contributed by atoms with van der Waals surface area (Å²) in [5, 5.41) is 34.0. The largest absolute Gasteiger partial charge is 0.502 e. The molecule has 0 saturated carbocycles. The van der Waals surface area contributed by atoms with Crippen LogP contribution in [0, 0.1) is 10.1 Å². The molecule has 10 nitrogen and oxygen atoms in total. The number of rotatable bonds is 8.